The third-order valence-corrected chi connectivity index (χ3v) is 2.61. The molecule has 0 unspecified atom stereocenters. The smallest absolute Gasteiger partial charge is 0.0543 e. The minimum atomic E-state index is 0.0215. The number of aromatic nitrogens is 1. The number of aliphatic hydroxyl groups is 1. The zero-order chi connectivity index (χ0) is 8.60. The summed E-state index contributed by atoms with van der Waals surface area (Å²) in [5.74, 6) is 0. The molecule has 0 spiro atoms. The van der Waals surface area contributed by atoms with E-state index in [-0.39, 0.29) is 12.0 Å². The van der Waals surface area contributed by atoms with Crippen molar-refractivity contribution in [1.29, 1.82) is 0 Å². The van der Waals surface area contributed by atoms with Gasteiger partial charge in [0.15, 0.2) is 0 Å². The Labute approximate surface area is 72.3 Å². The monoisotopic (exact) mass is 163 g/mol. The molecule has 1 aromatic heterocycles. The van der Waals surface area contributed by atoms with Gasteiger partial charge in [0, 0.05) is 17.3 Å². The fourth-order valence-electron chi connectivity index (χ4n) is 1.43. The molecule has 0 aliphatic heterocycles. The zero-order valence-electron chi connectivity index (χ0n) is 7.25. The number of pyridine rings is 1. The van der Waals surface area contributed by atoms with Crippen LogP contribution in [0.4, 0.5) is 0 Å². The first-order valence-corrected chi connectivity index (χ1v) is 4.31. The molecule has 12 heavy (non-hydrogen) atoms. The summed E-state index contributed by atoms with van der Waals surface area (Å²) in [4.78, 5) is 4.32. The van der Waals surface area contributed by atoms with Gasteiger partial charge in [-0.3, -0.25) is 4.98 Å². The van der Waals surface area contributed by atoms with Gasteiger partial charge in [0.05, 0.1) is 6.61 Å². The van der Waals surface area contributed by atoms with Crippen LogP contribution in [0.5, 0.6) is 0 Å². The van der Waals surface area contributed by atoms with E-state index in [1.165, 1.54) is 5.56 Å². The number of aryl methyl sites for hydroxylation is 1. The summed E-state index contributed by atoms with van der Waals surface area (Å²) in [5, 5.41) is 9.14. The third kappa shape index (κ3) is 1.12. The van der Waals surface area contributed by atoms with Crippen LogP contribution < -0.4 is 0 Å². The van der Waals surface area contributed by atoms with Gasteiger partial charge >= 0.3 is 0 Å². The van der Waals surface area contributed by atoms with Crippen molar-refractivity contribution in [2.45, 2.75) is 25.2 Å². The fraction of sp³-hybridized carbons (Fsp3) is 0.500. The van der Waals surface area contributed by atoms with E-state index in [1.807, 2.05) is 19.2 Å². The van der Waals surface area contributed by atoms with Gasteiger partial charge in [-0.05, 0) is 31.4 Å². The molecule has 1 N–H and O–H groups in total. The third-order valence-electron chi connectivity index (χ3n) is 2.61. The van der Waals surface area contributed by atoms with Gasteiger partial charge in [-0.25, -0.2) is 0 Å². The summed E-state index contributed by atoms with van der Waals surface area (Å²) >= 11 is 0. The first kappa shape index (κ1) is 7.74. The lowest BCUT2D eigenvalue weighted by molar-refractivity contribution is 0.252. The molecule has 0 radical (unpaired) electrons. The average Bonchev–Trinajstić information content (AvgIpc) is 2.86. The molecule has 64 valence electrons. The molecule has 0 atom stereocenters. The van der Waals surface area contributed by atoms with Crippen LogP contribution >= 0.6 is 0 Å². The van der Waals surface area contributed by atoms with Gasteiger partial charge in [-0.2, -0.15) is 0 Å². The van der Waals surface area contributed by atoms with Gasteiger partial charge < -0.3 is 5.11 Å². The maximum atomic E-state index is 9.14. The molecule has 1 fully saturated rings. The van der Waals surface area contributed by atoms with E-state index >= 15 is 0 Å². The normalized spacial score (nSPS) is 19.2. The second-order valence-electron chi connectivity index (χ2n) is 3.66. The molecule has 1 heterocycles. The highest BCUT2D eigenvalue weighted by Crippen LogP contribution is 2.46. The van der Waals surface area contributed by atoms with E-state index in [1.54, 1.807) is 0 Å². The second kappa shape index (κ2) is 2.56. The number of hydrogen-bond acceptors (Lipinski definition) is 2. The van der Waals surface area contributed by atoms with Crippen molar-refractivity contribution in [3.63, 3.8) is 0 Å². The molecular weight excluding hydrogens is 150 g/mol. The van der Waals surface area contributed by atoms with E-state index < -0.39 is 0 Å². The molecule has 2 nitrogen and oxygen atoms in total. The maximum Gasteiger partial charge on any atom is 0.0543 e. The standard InChI is InChI=1S/C10H13NO/c1-8-2-3-9(11-6-8)10(7-12)4-5-10/h2-3,6,12H,4-5,7H2,1H3. The first-order chi connectivity index (χ1) is 5.77. The summed E-state index contributed by atoms with van der Waals surface area (Å²) in [5.41, 5.74) is 2.25. The molecule has 1 aliphatic rings. The lowest BCUT2D eigenvalue weighted by Gasteiger charge is -2.09. The molecule has 0 bridgehead atoms. The molecule has 0 saturated heterocycles. The number of rotatable bonds is 2. The Hall–Kier alpha value is -0.890. The van der Waals surface area contributed by atoms with Crippen LogP contribution in [-0.2, 0) is 5.41 Å². The predicted molar refractivity (Wildman–Crippen MR) is 47.0 cm³/mol. The molecule has 1 aliphatic carbocycles. The minimum absolute atomic E-state index is 0.0215. The molecule has 2 rings (SSSR count). The topological polar surface area (TPSA) is 33.1 Å². The summed E-state index contributed by atoms with van der Waals surface area (Å²) in [6, 6.07) is 4.08. The molecule has 1 saturated carbocycles. The number of aliphatic hydroxyl groups excluding tert-OH is 1. The largest absolute Gasteiger partial charge is 0.395 e. The number of hydrogen-bond donors (Lipinski definition) is 1. The van der Waals surface area contributed by atoms with Crippen molar-refractivity contribution in [2.24, 2.45) is 0 Å². The summed E-state index contributed by atoms with van der Waals surface area (Å²) < 4.78 is 0. The van der Waals surface area contributed by atoms with Crippen LogP contribution in [0.25, 0.3) is 0 Å². The predicted octanol–water partition coefficient (Wildman–Crippen LogP) is 1.41. The Balaban J connectivity index is 2.29. The minimum Gasteiger partial charge on any atom is -0.395 e. The van der Waals surface area contributed by atoms with Gasteiger partial charge in [0.25, 0.3) is 0 Å². The SMILES string of the molecule is Cc1ccc(C2(CO)CC2)nc1. The lowest BCUT2D eigenvalue weighted by atomic mass is 10.0. The Bertz CT molecular complexity index is 274. The van der Waals surface area contributed by atoms with Gasteiger partial charge in [-0.1, -0.05) is 6.07 Å². The Morgan fingerprint density at radius 2 is 2.25 bits per heavy atom. The lowest BCUT2D eigenvalue weighted by Crippen LogP contribution is -2.13. The van der Waals surface area contributed by atoms with Gasteiger partial charge in [0.2, 0.25) is 0 Å². The van der Waals surface area contributed by atoms with Gasteiger partial charge in [-0.15, -0.1) is 0 Å². The average molecular weight is 163 g/mol. The fourth-order valence-corrected chi connectivity index (χ4v) is 1.43. The van der Waals surface area contributed by atoms with E-state index in [0.29, 0.717) is 0 Å². The van der Waals surface area contributed by atoms with Crippen LogP contribution in [-0.4, -0.2) is 16.7 Å². The Morgan fingerprint density at radius 3 is 2.67 bits per heavy atom. The quantitative estimate of drug-likeness (QED) is 0.715. The van der Waals surface area contributed by atoms with Gasteiger partial charge in [0.1, 0.15) is 0 Å². The zero-order valence-corrected chi connectivity index (χ0v) is 7.25. The molecular formula is C10H13NO. The molecule has 1 aromatic rings. The van der Waals surface area contributed by atoms with Crippen LogP contribution in [0.1, 0.15) is 24.1 Å². The van der Waals surface area contributed by atoms with E-state index in [0.717, 1.165) is 18.5 Å². The van der Waals surface area contributed by atoms with Crippen LogP contribution in [0.2, 0.25) is 0 Å². The first-order valence-electron chi connectivity index (χ1n) is 4.31. The molecule has 0 amide bonds. The Morgan fingerprint density at radius 1 is 1.50 bits per heavy atom. The van der Waals surface area contributed by atoms with Crippen LogP contribution in [0.15, 0.2) is 18.3 Å². The summed E-state index contributed by atoms with van der Waals surface area (Å²) in [7, 11) is 0. The molecule has 2 heteroatoms. The van der Waals surface area contributed by atoms with E-state index in [4.69, 9.17) is 5.11 Å². The van der Waals surface area contributed by atoms with Crippen molar-refractivity contribution < 1.29 is 5.11 Å². The highest BCUT2D eigenvalue weighted by molar-refractivity contribution is 5.26. The molecule has 0 aromatic carbocycles. The van der Waals surface area contributed by atoms with E-state index in [2.05, 4.69) is 11.1 Å². The second-order valence-corrected chi connectivity index (χ2v) is 3.66. The van der Waals surface area contributed by atoms with Crippen molar-refractivity contribution in [3.05, 3.63) is 29.6 Å². The van der Waals surface area contributed by atoms with Crippen molar-refractivity contribution in [3.8, 4) is 0 Å². The van der Waals surface area contributed by atoms with Crippen molar-refractivity contribution >= 4 is 0 Å². The summed E-state index contributed by atoms with van der Waals surface area (Å²) in [6.07, 6.45) is 4.03. The Kier molecular flexibility index (Phi) is 1.65. The highest BCUT2D eigenvalue weighted by atomic mass is 16.3. The number of nitrogens with zero attached hydrogens (tertiary/aromatic N) is 1. The van der Waals surface area contributed by atoms with Crippen molar-refractivity contribution in [1.82, 2.24) is 4.98 Å². The van der Waals surface area contributed by atoms with Crippen LogP contribution in [0.3, 0.4) is 0 Å². The van der Waals surface area contributed by atoms with E-state index in [9.17, 15) is 0 Å². The van der Waals surface area contributed by atoms with Crippen molar-refractivity contribution in [2.75, 3.05) is 6.61 Å². The summed E-state index contributed by atoms with van der Waals surface area (Å²) in [6.45, 7) is 2.26. The highest BCUT2D eigenvalue weighted by Gasteiger charge is 2.44. The maximum absolute atomic E-state index is 9.14. The van der Waals surface area contributed by atoms with Crippen LogP contribution in [0, 0.1) is 6.92 Å².